The summed E-state index contributed by atoms with van der Waals surface area (Å²) >= 11 is 5.90. The van der Waals surface area contributed by atoms with Crippen molar-refractivity contribution in [2.75, 3.05) is 0 Å². The Bertz CT molecular complexity index is 987. The van der Waals surface area contributed by atoms with Crippen molar-refractivity contribution in [1.29, 1.82) is 0 Å². The molecule has 0 saturated carbocycles. The molecule has 3 aromatic rings. The number of carbonyl (C=O) groups excluding carboxylic acids is 2. The van der Waals surface area contributed by atoms with E-state index in [1.54, 1.807) is 37.5 Å². The van der Waals surface area contributed by atoms with Crippen molar-refractivity contribution in [3.8, 4) is 0 Å². The molecule has 1 aromatic heterocycles. The molecule has 1 unspecified atom stereocenters. The molecule has 5 heteroatoms. The first-order chi connectivity index (χ1) is 12.3. The maximum atomic E-state index is 12.4. The summed E-state index contributed by atoms with van der Waals surface area (Å²) in [5, 5.41) is 1.35. The van der Waals surface area contributed by atoms with Crippen molar-refractivity contribution in [3.63, 3.8) is 0 Å². The molecule has 0 aliphatic carbocycles. The number of ether oxygens (including phenoxy) is 1. The molecule has 0 amide bonds. The maximum Gasteiger partial charge on any atom is 0.311 e. The van der Waals surface area contributed by atoms with Gasteiger partial charge in [-0.1, -0.05) is 23.7 Å². The molecule has 0 radical (unpaired) electrons. The SMILES string of the molecule is Cc1cc2occ(CC(=O)OC(C)C(=O)c3cccc(Cl)c3)c2cc1C. The van der Waals surface area contributed by atoms with Gasteiger partial charge in [0.25, 0.3) is 0 Å². The van der Waals surface area contributed by atoms with Crippen LogP contribution in [-0.4, -0.2) is 17.9 Å². The fourth-order valence-electron chi connectivity index (χ4n) is 2.80. The third-order valence-corrected chi connectivity index (χ3v) is 4.63. The van der Waals surface area contributed by atoms with Crippen molar-refractivity contribution >= 4 is 34.3 Å². The number of carbonyl (C=O) groups is 2. The zero-order valence-electron chi connectivity index (χ0n) is 14.8. The number of halogens is 1. The van der Waals surface area contributed by atoms with E-state index in [9.17, 15) is 9.59 Å². The Morgan fingerprint density at radius 3 is 2.62 bits per heavy atom. The quantitative estimate of drug-likeness (QED) is 0.465. The highest BCUT2D eigenvalue weighted by atomic mass is 35.5. The van der Waals surface area contributed by atoms with E-state index < -0.39 is 12.1 Å². The third-order valence-electron chi connectivity index (χ3n) is 4.39. The summed E-state index contributed by atoms with van der Waals surface area (Å²) in [6.45, 7) is 5.58. The van der Waals surface area contributed by atoms with Crippen LogP contribution in [0.5, 0.6) is 0 Å². The first kappa shape index (κ1) is 18.2. The van der Waals surface area contributed by atoms with Crippen molar-refractivity contribution in [2.45, 2.75) is 33.3 Å². The largest absolute Gasteiger partial charge is 0.464 e. The molecule has 0 saturated heterocycles. The van der Waals surface area contributed by atoms with E-state index in [1.165, 1.54) is 0 Å². The van der Waals surface area contributed by atoms with Gasteiger partial charge in [-0.15, -0.1) is 0 Å². The molecule has 0 bridgehead atoms. The van der Waals surface area contributed by atoms with E-state index in [0.29, 0.717) is 10.6 Å². The number of hydrogen-bond acceptors (Lipinski definition) is 4. The smallest absolute Gasteiger partial charge is 0.311 e. The second-order valence-electron chi connectivity index (χ2n) is 6.38. The summed E-state index contributed by atoms with van der Waals surface area (Å²) in [6, 6.07) is 10.5. The second kappa shape index (κ2) is 7.34. The highest BCUT2D eigenvalue weighted by molar-refractivity contribution is 6.31. The normalized spacial score (nSPS) is 12.2. The van der Waals surface area contributed by atoms with Gasteiger partial charge in [-0.05, 0) is 56.2 Å². The van der Waals surface area contributed by atoms with Crippen LogP contribution in [0.3, 0.4) is 0 Å². The second-order valence-corrected chi connectivity index (χ2v) is 6.81. The molecule has 0 fully saturated rings. The molecular weight excluding hydrogens is 352 g/mol. The Morgan fingerprint density at radius 2 is 1.88 bits per heavy atom. The maximum absolute atomic E-state index is 12.4. The summed E-state index contributed by atoms with van der Waals surface area (Å²) in [5.41, 5.74) is 4.15. The summed E-state index contributed by atoms with van der Waals surface area (Å²) in [6.07, 6.45) is 0.722. The van der Waals surface area contributed by atoms with E-state index in [2.05, 4.69) is 0 Å². The van der Waals surface area contributed by atoms with Crippen LogP contribution in [0.1, 0.15) is 34.0 Å². The highest BCUT2D eigenvalue weighted by Gasteiger charge is 2.21. The number of hydrogen-bond donors (Lipinski definition) is 0. The summed E-state index contributed by atoms with van der Waals surface area (Å²) < 4.78 is 10.8. The topological polar surface area (TPSA) is 56.5 Å². The fourth-order valence-corrected chi connectivity index (χ4v) is 2.99. The Labute approximate surface area is 156 Å². The van der Waals surface area contributed by atoms with Gasteiger partial charge < -0.3 is 9.15 Å². The van der Waals surface area contributed by atoms with Crippen LogP contribution in [0.4, 0.5) is 0 Å². The molecule has 0 spiro atoms. The molecule has 0 aliphatic rings. The highest BCUT2D eigenvalue weighted by Crippen LogP contribution is 2.25. The van der Waals surface area contributed by atoms with Crippen LogP contribution in [0.2, 0.25) is 5.02 Å². The van der Waals surface area contributed by atoms with Gasteiger partial charge >= 0.3 is 5.97 Å². The average molecular weight is 371 g/mol. The zero-order valence-corrected chi connectivity index (χ0v) is 15.6. The molecule has 1 atom stereocenters. The van der Waals surface area contributed by atoms with Gasteiger partial charge in [0.05, 0.1) is 12.7 Å². The average Bonchev–Trinajstić information content (AvgIpc) is 2.96. The molecule has 3 rings (SSSR count). The van der Waals surface area contributed by atoms with Crippen molar-refractivity contribution in [2.24, 2.45) is 0 Å². The monoisotopic (exact) mass is 370 g/mol. The van der Waals surface area contributed by atoms with Gasteiger partial charge in [-0.3, -0.25) is 9.59 Å². The van der Waals surface area contributed by atoms with Gasteiger partial charge in [-0.25, -0.2) is 0 Å². The number of esters is 1. The van der Waals surface area contributed by atoms with Gasteiger partial charge in [0.15, 0.2) is 6.10 Å². The Kier molecular flexibility index (Phi) is 5.14. The fraction of sp³-hybridized carbons (Fsp3) is 0.238. The van der Waals surface area contributed by atoms with Crippen molar-refractivity contribution < 1.29 is 18.7 Å². The number of Topliss-reactive ketones (excluding diaryl/α,β-unsaturated/α-hetero) is 1. The molecule has 0 N–H and O–H groups in total. The minimum Gasteiger partial charge on any atom is -0.464 e. The lowest BCUT2D eigenvalue weighted by Gasteiger charge is -2.12. The van der Waals surface area contributed by atoms with Gasteiger partial charge in [0.2, 0.25) is 5.78 Å². The van der Waals surface area contributed by atoms with E-state index in [1.807, 2.05) is 26.0 Å². The Balaban J connectivity index is 1.71. The molecule has 2 aromatic carbocycles. The first-order valence-electron chi connectivity index (χ1n) is 8.31. The van der Waals surface area contributed by atoms with Crippen molar-refractivity contribution in [1.82, 2.24) is 0 Å². The zero-order chi connectivity index (χ0) is 18.8. The number of furan rings is 1. The van der Waals surface area contributed by atoms with Gasteiger partial charge in [0.1, 0.15) is 5.58 Å². The third kappa shape index (κ3) is 3.81. The van der Waals surface area contributed by atoms with Crippen LogP contribution < -0.4 is 0 Å². The molecule has 1 heterocycles. The lowest BCUT2D eigenvalue weighted by molar-refractivity contribution is -0.145. The van der Waals surface area contributed by atoms with Crippen molar-refractivity contribution in [3.05, 3.63) is 69.9 Å². The van der Waals surface area contributed by atoms with Gasteiger partial charge in [-0.2, -0.15) is 0 Å². The predicted molar refractivity (Wildman–Crippen MR) is 101 cm³/mol. The summed E-state index contributed by atoms with van der Waals surface area (Å²) in [7, 11) is 0. The summed E-state index contributed by atoms with van der Waals surface area (Å²) in [4.78, 5) is 24.7. The number of ketones is 1. The summed E-state index contributed by atoms with van der Waals surface area (Å²) in [5.74, 6) is -0.766. The number of aryl methyl sites for hydroxylation is 2. The lowest BCUT2D eigenvalue weighted by atomic mass is 10.0. The number of benzene rings is 2. The van der Waals surface area contributed by atoms with E-state index in [4.69, 9.17) is 20.8 Å². The molecule has 134 valence electrons. The minimum absolute atomic E-state index is 0.0443. The van der Waals surface area contributed by atoms with E-state index >= 15 is 0 Å². The Morgan fingerprint density at radius 1 is 1.15 bits per heavy atom. The minimum atomic E-state index is -0.886. The molecule has 26 heavy (non-hydrogen) atoms. The van der Waals surface area contributed by atoms with Crippen LogP contribution in [0.15, 0.2) is 47.1 Å². The first-order valence-corrected chi connectivity index (χ1v) is 8.69. The van der Waals surface area contributed by atoms with Crippen LogP contribution in [0.25, 0.3) is 11.0 Å². The molecule has 0 aliphatic heterocycles. The van der Waals surface area contributed by atoms with Gasteiger partial charge in [0, 0.05) is 21.5 Å². The Hall–Kier alpha value is -2.59. The predicted octanol–water partition coefficient (Wildman–Crippen LogP) is 5.06. The van der Waals surface area contributed by atoms with E-state index in [-0.39, 0.29) is 12.2 Å². The number of rotatable bonds is 5. The van der Waals surface area contributed by atoms with Crippen LogP contribution >= 0.6 is 11.6 Å². The standard InChI is InChI=1S/C21H19ClO4/c1-12-7-18-16(11-25-19(18)8-13(12)2)10-20(23)26-14(3)21(24)15-5-4-6-17(22)9-15/h4-9,11,14H,10H2,1-3H3. The lowest BCUT2D eigenvalue weighted by Crippen LogP contribution is -2.25. The number of fused-ring (bicyclic) bond motifs is 1. The van der Waals surface area contributed by atoms with Crippen LogP contribution in [-0.2, 0) is 16.0 Å². The van der Waals surface area contributed by atoms with E-state index in [0.717, 1.165) is 27.7 Å². The molecular formula is C21H19ClO4. The molecule has 4 nitrogen and oxygen atoms in total. The van der Waals surface area contributed by atoms with Crippen LogP contribution in [0, 0.1) is 13.8 Å².